The number of nitrogen functional groups attached to an aromatic ring is 1. The lowest BCUT2D eigenvalue weighted by Gasteiger charge is -2.31. The van der Waals surface area contributed by atoms with Gasteiger partial charge in [-0.1, -0.05) is 42.3 Å². The number of nitrogens with one attached hydrogen (secondary N) is 2. The van der Waals surface area contributed by atoms with Crippen molar-refractivity contribution < 1.29 is 37.4 Å². The van der Waals surface area contributed by atoms with E-state index < -0.39 is 55.6 Å². The molecule has 0 bridgehead atoms. The number of carbonyl (C=O) groups excluding carboxylic acids is 1. The summed E-state index contributed by atoms with van der Waals surface area (Å²) in [6.45, 7) is 4.72. The van der Waals surface area contributed by atoms with Gasteiger partial charge in [-0.05, 0) is 32.2 Å². The van der Waals surface area contributed by atoms with Gasteiger partial charge in [-0.2, -0.15) is 15.1 Å². The maximum absolute atomic E-state index is 16.8. The normalized spacial score (nSPS) is 27.5. The fraction of sp³-hybridized carbons (Fsp3) is 0.379. The van der Waals surface area contributed by atoms with Gasteiger partial charge in [-0.15, -0.1) is 6.42 Å². The molecule has 2 fully saturated rings. The predicted octanol–water partition coefficient (Wildman–Crippen LogP) is 3.09. The summed E-state index contributed by atoms with van der Waals surface area (Å²) in [4.78, 5) is 25.1. The third-order valence-electron chi connectivity index (χ3n) is 7.65. The zero-order valence-electron chi connectivity index (χ0n) is 24.7. The molecule has 0 radical (unpaired) electrons. The molecule has 0 amide bonds. The molecule has 1 saturated heterocycles. The van der Waals surface area contributed by atoms with Crippen LogP contribution in [0.3, 0.4) is 0 Å². The molecule has 1 aliphatic carbocycles. The van der Waals surface area contributed by atoms with Crippen LogP contribution in [0.5, 0.6) is 5.75 Å². The second kappa shape index (κ2) is 10.9. The van der Waals surface area contributed by atoms with Crippen LogP contribution in [-0.2, 0) is 23.4 Å². The summed E-state index contributed by atoms with van der Waals surface area (Å²) in [5.74, 6) is 1.58. The molecular formula is C29H31FN7O7P. The number of esters is 1. The number of fused-ring (bicyclic) bond motifs is 3. The van der Waals surface area contributed by atoms with Crippen LogP contribution < -0.4 is 20.7 Å². The van der Waals surface area contributed by atoms with Crippen molar-refractivity contribution in [1.29, 1.82) is 0 Å². The molecule has 4 aromatic rings. The number of hydrogen-bond donors (Lipinski definition) is 4. The molecule has 6 rings (SSSR count). The molecule has 2 aliphatic rings. The van der Waals surface area contributed by atoms with Crippen LogP contribution in [0, 0.1) is 12.3 Å². The van der Waals surface area contributed by atoms with E-state index in [9.17, 15) is 14.5 Å². The summed E-state index contributed by atoms with van der Waals surface area (Å²) >= 11 is 0. The monoisotopic (exact) mass is 639 g/mol. The molecule has 1 aliphatic heterocycles. The summed E-state index contributed by atoms with van der Waals surface area (Å²) < 4.78 is 55.3. The molecule has 5 N–H and O–H groups in total. The largest absolute Gasteiger partial charge is 0.462 e. The first-order valence-corrected chi connectivity index (χ1v) is 15.6. The van der Waals surface area contributed by atoms with E-state index in [2.05, 4.69) is 25.4 Å². The molecule has 1 unspecified atom stereocenters. The van der Waals surface area contributed by atoms with Crippen molar-refractivity contribution in [1.82, 2.24) is 24.6 Å². The van der Waals surface area contributed by atoms with E-state index in [0.717, 1.165) is 5.39 Å². The predicted molar refractivity (Wildman–Crippen MR) is 162 cm³/mol. The first kappa shape index (κ1) is 30.7. The lowest BCUT2D eigenvalue weighted by molar-refractivity contribution is -0.149. The molecule has 1 saturated carbocycles. The number of carbonyl (C=O) groups is 1. The van der Waals surface area contributed by atoms with Crippen molar-refractivity contribution in [3.8, 4) is 18.1 Å². The molecule has 16 heteroatoms. The fourth-order valence-electron chi connectivity index (χ4n) is 5.45. The van der Waals surface area contributed by atoms with Crippen molar-refractivity contribution in [2.75, 3.05) is 18.1 Å². The van der Waals surface area contributed by atoms with Gasteiger partial charge in [0.15, 0.2) is 28.8 Å². The topological polar surface area (TPSA) is 185 Å². The number of nitrogens with zero attached hydrogens (tertiary/aromatic N) is 4. The van der Waals surface area contributed by atoms with E-state index in [1.165, 1.54) is 17.8 Å². The van der Waals surface area contributed by atoms with Crippen LogP contribution in [0.1, 0.15) is 27.0 Å². The minimum Gasteiger partial charge on any atom is -0.462 e. The number of rotatable bonds is 10. The number of hydrogen-bond acceptors (Lipinski definition) is 12. The highest BCUT2D eigenvalue weighted by Gasteiger charge is 2.87. The molecule has 14 nitrogen and oxygen atoms in total. The Labute approximate surface area is 257 Å². The Morgan fingerprint density at radius 3 is 2.69 bits per heavy atom. The van der Waals surface area contributed by atoms with Gasteiger partial charge in [0.2, 0.25) is 11.6 Å². The minimum atomic E-state index is -4.58. The van der Waals surface area contributed by atoms with Crippen molar-refractivity contribution in [3.05, 3.63) is 48.8 Å². The SMILES string of the molecule is C#C[C@]1(F)[C@H](n2cnc3c(NC)nc(N)nc32)O[C@@H]2C(O[P@@](=O)(N[C@@H](C)C(=O)OC(C)C)Oc3cccc4ccccc34)[C@@]21O. The van der Waals surface area contributed by atoms with E-state index in [-0.39, 0.29) is 28.7 Å². The smallest absolute Gasteiger partial charge is 0.459 e. The van der Waals surface area contributed by atoms with Crippen LogP contribution in [0.2, 0.25) is 0 Å². The Morgan fingerprint density at radius 2 is 1.98 bits per heavy atom. The second-order valence-corrected chi connectivity index (χ2v) is 12.7. The van der Waals surface area contributed by atoms with Crippen LogP contribution in [-0.4, -0.2) is 73.3 Å². The fourth-order valence-corrected chi connectivity index (χ4v) is 7.17. The highest BCUT2D eigenvalue weighted by atomic mass is 31.2. The lowest BCUT2D eigenvalue weighted by Crippen LogP contribution is -2.47. The van der Waals surface area contributed by atoms with E-state index >= 15 is 4.39 Å². The minimum absolute atomic E-state index is 0.0978. The Morgan fingerprint density at radius 1 is 1.24 bits per heavy atom. The lowest BCUT2D eigenvalue weighted by atomic mass is 9.96. The number of halogens is 1. The summed E-state index contributed by atoms with van der Waals surface area (Å²) in [7, 11) is -2.98. The molecule has 0 spiro atoms. The average molecular weight is 640 g/mol. The van der Waals surface area contributed by atoms with Gasteiger partial charge in [0, 0.05) is 12.4 Å². The number of aromatic nitrogens is 4. The van der Waals surface area contributed by atoms with Gasteiger partial charge >= 0.3 is 13.7 Å². The van der Waals surface area contributed by atoms with Crippen molar-refractivity contribution >= 4 is 47.4 Å². The molecule has 3 heterocycles. The number of imidazole rings is 1. The Kier molecular flexibility index (Phi) is 7.46. The van der Waals surface area contributed by atoms with E-state index in [1.807, 2.05) is 24.1 Å². The van der Waals surface area contributed by atoms with Gasteiger partial charge in [0.1, 0.15) is 24.0 Å². The molecular weight excluding hydrogens is 608 g/mol. The molecule has 7 atom stereocenters. The molecule has 2 aromatic carbocycles. The quantitative estimate of drug-likeness (QED) is 0.113. The van der Waals surface area contributed by atoms with E-state index in [0.29, 0.717) is 5.39 Å². The number of nitrogens with two attached hydrogens (primary N) is 1. The number of benzene rings is 2. The maximum atomic E-state index is 16.8. The van der Waals surface area contributed by atoms with Crippen molar-refractivity contribution in [2.45, 2.75) is 62.6 Å². The first-order valence-electron chi connectivity index (χ1n) is 14.0. The van der Waals surface area contributed by atoms with E-state index in [4.69, 9.17) is 30.7 Å². The molecule has 45 heavy (non-hydrogen) atoms. The third-order valence-corrected chi connectivity index (χ3v) is 9.29. The number of terminal acetylenes is 1. The highest BCUT2D eigenvalue weighted by Crippen LogP contribution is 2.66. The van der Waals surface area contributed by atoms with Gasteiger partial charge in [-0.25, -0.2) is 13.9 Å². The van der Waals surface area contributed by atoms with Gasteiger partial charge < -0.3 is 30.2 Å². The number of anilines is 2. The third kappa shape index (κ3) is 4.95. The van der Waals surface area contributed by atoms with E-state index in [1.54, 1.807) is 45.2 Å². The van der Waals surface area contributed by atoms with Crippen LogP contribution in [0.4, 0.5) is 16.2 Å². The summed E-state index contributed by atoms with van der Waals surface area (Å²) in [5.41, 5.74) is 0.784. The van der Waals surface area contributed by atoms with Gasteiger partial charge in [0.05, 0.1) is 12.4 Å². The van der Waals surface area contributed by atoms with Crippen LogP contribution >= 0.6 is 7.75 Å². The molecule has 2 aromatic heterocycles. The summed E-state index contributed by atoms with van der Waals surface area (Å²) in [5, 5.41) is 18.4. The number of alkyl halides is 1. The Bertz CT molecular complexity index is 1890. The number of ether oxygens (including phenoxy) is 2. The zero-order valence-corrected chi connectivity index (χ0v) is 25.6. The average Bonchev–Trinajstić information content (AvgIpc) is 3.25. The van der Waals surface area contributed by atoms with Crippen LogP contribution in [0.15, 0.2) is 48.8 Å². The van der Waals surface area contributed by atoms with Gasteiger partial charge in [0.25, 0.3) is 0 Å². The zero-order chi connectivity index (χ0) is 32.3. The Balaban J connectivity index is 1.33. The van der Waals surface area contributed by atoms with Crippen molar-refractivity contribution in [3.63, 3.8) is 0 Å². The van der Waals surface area contributed by atoms with Gasteiger partial charge in [-0.3, -0.25) is 13.9 Å². The Hall–Kier alpha value is -4.32. The molecule has 236 valence electrons. The summed E-state index contributed by atoms with van der Waals surface area (Å²) in [6.07, 6.45) is 1.87. The first-order chi connectivity index (χ1) is 21.3. The van der Waals surface area contributed by atoms with Crippen molar-refractivity contribution in [2.24, 2.45) is 0 Å². The summed E-state index contributed by atoms with van der Waals surface area (Å²) in [6, 6.07) is 11.0. The standard InChI is InChI=1S/C29H31FN7O7P/c1-6-28(30)26(37-14-33-20-23(32-5)34-27(31)35-24(20)37)42-21-22(29(21,28)39)44-45(40,36-16(4)25(38)41-15(2)3)43-19-13-9-11-17-10-7-8-12-18(17)19/h1,7-16,21-22,26,39H,2-5H3,(H,36,40)(H3,31,32,34,35)/t16-,21+,22?,26+,28-,29-,45+/m0/s1. The highest BCUT2D eigenvalue weighted by molar-refractivity contribution is 7.52. The number of aliphatic hydroxyl groups is 1. The van der Waals surface area contributed by atoms with Crippen LogP contribution in [0.25, 0.3) is 21.9 Å². The maximum Gasteiger partial charge on any atom is 0.459 e. The second-order valence-electron chi connectivity index (χ2n) is 11.0.